The number of esters is 1. The van der Waals surface area contributed by atoms with E-state index in [1.54, 1.807) is 31.3 Å². The lowest BCUT2D eigenvalue weighted by molar-refractivity contribution is -0.0245. The number of hydrogen-bond acceptors (Lipinski definition) is 12. The van der Waals surface area contributed by atoms with Gasteiger partial charge in [0, 0.05) is 19.5 Å². The van der Waals surface area contributed by atoms with Crippen molar-refractivity contribution >= 4 is 12.1 Å². The number of hydrogen-bond donors (Lipinski definition) is 0. The third-order valence-electron chi connectivity index (χ3n) is 8.29. The lowest BCUT2D eigenvalue weighted by Gasteiger charge is -2.19. The summed E-state index contributed by atoms with van der Waals surface area (Å²) in [5.74, 6) is -0.325. The summed E-state index contributed by atoms with van der Waals surface area (Å²) in [6.45, 7) is 8.01. The number of amides is 1. The molecular weight excluding hydrogens is 698 g/mol. The Morgan fingerprint density at radius 2 is 0.833 bits per heavy atom. The molecule has 0 saturated heterocycles. The Bertz CT molecular complexity index is 1410. The molecule has 3 aromatic carbocycles. The summed E-state index contributed by atoms with van der Waals surface area (Å²) < 4.78 is 54.8. The quantitative estimate of drug-likeness (QED) is 0.0682. The highest BCUT2D eigenvalue weighted by atomic mass is 16.6. The van der Waals surface area contributed by atoms with Crippen molar-refractivity contribution in [3.63, 3.8) is 0 Å². The Kier molecular flexibility index (Phi) is 21.2. The van der Waals surface area contributed by atoms with Crippen molar-refractivity contribution in [2.45, 2.75) is 5.92 Å². The smallest absolute Gasteiger partial charge is 0.409 e. The van der Waals surface area contributed by atoms with Crippen molar-refractivity contribution < 1.29 is 57.0 Å². The van der Waals surface area contributed by atoms with E-state index in [0.29, 0.717) is 124 Å². The average Bonchev–Trinajstić information content (AvgIpc) is 3.53. The summed E-state index contributed by atoms with van der Waals surface area (Å²) in [7, 11) is 1.71. The van der Waals surface area contributed by atoms with Crippen molar-refractivity contribution in [2.75, 3.05) is 133 Å². The van der Waals surface area contributed by atoms with E-state index in [2.05, 4.69) is 24.3 Å². The molecule has 0 aliphatic heterocycles. The molecule has 0 unspecified atom stereocenters. The van der Waals surface area contributed by atoms with Crippen LogP contribution in [0.5, 0.6) is 0 Å². The van der Waals surface area contributed by atoms with Crippen LogP contribution in [0.4, 0.5) is 4.79 Å². The van der Waals surface area contributed by atoms with Crippen LogP contribution in [-0.2, 0) is 47.4 Å². The molecule has 0 fully saturated rings. The van der Waals surface area contributed by atoms with Gasteiger partial charge in [0.1, 0.15) is 13.2 Å². The topological polar surface area (TPSA) is 130 Å². The standard InChI is InChI=1S/C41H55NO12/c1-42(41(44)54-33-39-37-13-7-5-11-35(37)36-12-6-8-14-38(36)39)15-16-45-17-18-46-19-20-47-21-22-48-23-24-49-25-26-50-27-28-51-29-30-52-31-32-53-40(43)34-9-3-2-4-10-34/h2-14,39H,15-33H2,1H3. The molecule has 1 aliphatic carbocycles. The van der Waals surface area contributed by atoms with Gasteiger partial charge in [-0.25, -0.2) is 9.59 Å². The van der Waals surface area contributed by atoms with Crippen LogP contribution in [-0.4, -0.2) is 149 Å². The van der Waals surface area contributed by atoms with E-state index in [-0.39, 0.29) is 24.6 Å². The first kappa shape index (κ1) is 42.8. The van der Waals surface area contributed by atoms with E-state index in [1.807, 2.05) is 30.3 Å². The van der Waals surface area contributed by atoms with Crippen molar-refractivity contribution in [1.82, 2.24) is 4.90 Å². The van der Waals surface area contributed by atoms with Gasteiger partial charge < -0.3 is 52.3 Å². The highest BCUT2D eigenvalue weighted by Crippen LogP contribution is 2.44. The summed E-state index contributed by atoms with van der Waals surface area (Å²) in [6, 6.07) is 25.4. The lowest BCUT2D eigenvalue weighted by Crippen LogP contribution is -2.32. The van der Waals surface area contributed by atoms with Gasteiger partial charge in [-0.3, -0.25) is 0 Å². The van der Waals surface area contributed by atoms with Crippen LogP contribution in [0.15, 0.2) is 78.9 Å². The van der Waals surface area contributed by atoms with Gasteiger partial charge in [0.25, 0.3) is 0 Å². The Morgan fingerprint density at radius 3 is 1.28 bits per heavy atom. The average molecular weight is 754 g/mol. The zero-order valence-electron chi connectivity index (χ0n) is 31.4. The second-order valence-corrected chi connectivity index (χ2v) is 12.1. The first-order valence-electron chi connectivity index (χ1n) is 18.6. The van der Waals surface area contributed by atoms with Gasteiger partial charge in [0.05, 0.1) is 111 Å². The van der Waals surface area contributed by atoms with Crippen LogP contribution in [0.2, 0.25) is 0 Å². The summed E-state index contributed by atoms with van der Waals surface area (Å²) in [4.78, 5) is 25.9. The summed E-state index contributed by atoms with van der Waals surface area (Å²) in [5, 5.41) is 0. The SMILES string of the molecule is CN(CCOCCOCCOCCOCCOCCOCCOCCOCCOC(=O)c1ccccc1)C(=O)OCC1c2ccccc2-c2ccccc21. The van der Waals surface area contributed by atoms with Crippen LogP contribution in [0.1, 0.15) is 27.4 Å². The predicted octanol–water partition coefficient (Wildman–Crippen LogP) is 4.86. The molecule has 13 heteroatoms. The van der Waals surface area contributed by atoms with Gasteiger partial charge in [0.15, 0.2) is 0 Å². The largest absolute Gasteiger partial charge is 0.460 e. The number of benzene rings is 3. The van der Waals surface area contributed by atoms with Crippen LogP contribution in [0, 0.1) is 0 Å². The number of fused-ring (bicyclic) bond motifs is 3. The van der Waals surface area contributed by atoms with Gasteiger partial charge in [0.2, 0.25) is 0 Å². The van der Waals surface area contributed by atoms with Crippen LogP contribution >= 0.6 is 0 Å². The Hall–Kier alpha value is -3.92. The van der Waals surface area contributed by atoms with Gasteiger partial charge >= 0.3 is 12.1 Å². The molecule has 0 saturated carbocycles. The molecular formula is C41H55NO12. The number of rotatable bonds is 30. The number of ether oxygens (including phenoxy) is 10. The molecule has 4 rings (SSSR count). The molecule has 0 bridgehead atoms. The molecule has 0 radical (unpaired) electrons. The fourth-order valence-electron chi connectivity index (χ4n) is 5.49. The highest BCUT2D eigenvalue weighted by Gasteiger charge is 2.29. The minimum absolute atomic E-state index is 0.0352. The van der Waals surface area contributed by atoms with Crippen molar-refractivity contribution in [1.29, 1.82) is 0 Å². The van der Waals surface area contributed by atoms with Crippen LogP contribution < -0.4 is 0 Å². The number of carbonyl (C=O) groups is 2. The molecule has 1 aliphatic rings. The summed E-state index contributed by atoms with van der Waals surface area (Å²) >= 11 is 0. The molecule has 54 heavy (non-hydrogen) atoms. The first-order chi connectivity index (χ1) is 26.6. The van der Waals surface area contributed by atoms with Crippen LogP contribution in [0.3, 0.4) is 0 Å². The second-order valence-electron chi connectivity index (χ2n) is 12.1. The van der Waals surface area contributed by atoms with E-state index < -0.39 is 0 Å². The monoisotopic (exact) mass is 753 g/mol. The predicted molar refractivity (Wildman–Crippen MR) is 201 cm³/mol. The number of carbonyl (C=O) groups excluding carboxylic acids is 2. The van der Waals surface area contributed by atoms with E-state index in [0.717, 1.165) is 0 Å². The minimum atomic E-state index is -0.368. The van der Waals surface area contributed by atoms with Crippen molar-refractivity contribution in [3.05, 3.63) is 95.6 Å². The maximum Gasteiger partial charge on any atom is 0.409 e. The molecule has 0 N–H and O–H groups in total. The number of likely N-dealkylation sites (N-methyl/N-ethyl adjacent to an activating group) is 1. The second kappa shape index (κ2) is 26.8. The van der Waals surface area contributed by atoms with Crippen LogP contribution in [0.25, 0.3) is 11.1 Å². The number of nitrogens with zero attached hydrogens (tertiary/aromatic N) is 1. The van der Waals surface area contributed by atoms with E-state index in [4.69, 9.17) is 47.4 Å². The summed E-state index contributed by atoms with van der Waals surface area (Å²) in [6.07, 6.45) is -0.368. The van der Waals surface area contributed by atoms with Gasteiger partial charge in [-0.1, -0.05) is 66.7 Å². The Morgan fingerprint density at radius 1 is 0.463 bits per heavy atom. The maximum atomic E-state index is 12.6. The fourth-order valence-corrected chi connectivity index (χ4v) is 5.49. The fraction of sp³-hybridized carbons (Fsp3) is 0.512. The molecule has 0 spiro atoms. The van der Waals surface area contributed by atoms with Gasteiger partial charge in [-0.2, -0.15) is 0 Å². The Labute approximate surface area is 318 Å². The maximum absolute atomic E-state index is 12.6. The molecule has 13 nitrogen and oxygen atoms in total. The summed E-state index contributed by atoms with van der Waals surface area (Å²) in [5.41, 5.74) is 5.31. The highest BCUT2D eigenvalue weighted by molar-refractivity contribution is 5.89. The lowest BCUT2D eigenvalue weighted by atomic mass is 9.98. The Balaban J connectivity index is 0.824. The third-order valence-corrected chi connectivity index (χ3v) is 8.29. The molecule has 296 valence electrons. The zero-order valence-corrected chi connectivity index (χ0v) is 31.4. The molecule has 0 aromatic heterocycles. The molecule has 0 atom stereocenters. The van der Waals surface area contributed by atoms with E-state index in [1.165, 1.54) is 27.2 Å². The molecule has 0 heterocycles. The first-order valence-corrected chi connectivity index (χ1v) is 18.6. The third kappa shape index (κ3) is 16.2. The van der Waals surface area contributed by atoms with Crippen molar-refractivity contribution in [2.24, 2.45) is 0 Å². The van der Waals surface area contributed by atoms with Gasteiger partial charge in [-0.15, -0.1) is 0 Å². The van der Waals surface area contributed by atoms with E-state index in [9.17, 15) is 9.59 Å². The molecule has 1 amide bonds. The molecule has 3 aromatic rings. The van der Waals surface area contributed by atoms with E-state index >= 15 is 0 Å². The minimum Gasteiger partial charge on any atom is -0.460 e. The van der Waals surface area contributed by atoms with Gasteiger partial charge in [-0.05, 0) is 34.4 Å². The normalized spacial score (nSPS) is 12.0. The van der Waals surface area contributed by atoms with Crippen molar-refractivity contribution in [3.8, 4) is 11.1 Å². The zero-order chi connectivity index (χ0) is 37.9.